The van der Waals surface area contributed by atoms with E-state index >= 15 is 0 Å². The lowest BCUT2D eigenvalue weighted by atomic mass is 9.62. The van der Waals surface area contributed by atoms with Gasteiger partial charge in [0.1, 0.15) is 0 Å². The van der Waals surface area contributed by atoms with Crippen molar-refractivity contribution in [1.82, 2.24) is 0 Å². The number of fused-ring (bicyclic) bond motifs is 1. The fraction of sp³-hybridized carbons (Fsp3) is 0.474. The Bertz CT molecular complexity index is 723. The largest absolute Gasteiger partial charge is 0.481 e. The molecule has 120 valence electrons. The number of carbonyl (C=O) groups is 2. The first kappa shape index (κ1) is 14.5. The van der Waals surface area contributed by atoms with Crippen LogP contribution in [0.1, 0.15) is 17.5 Å². The van der Waals surface area contributed by atoms with Crippen LogP contribution in [0.4, 0.5) is 5.69 Å². The standard InChI is InChI=1S/C19H21NO3/c1-9-3-6-15(10(2)7-9)20-18(21)16-11-4-5-12(14-8-13(11)14)17(16)19(22)23/h3-7,11-14,16-17H,8H2,1-2H3,(H,20,21)(H,22,23). The maximum Gasteiger partial charge on any atom is 0.307 e. The van der Waals surface area contributed by atoms with Crippen LogP contribution in [0.5, 0.6) is 0 Å². The molecule has 1 amide bonds. The molecule has 23 heavy (non-hydrogen) atoms. The van der Waals surface area contributed by atoms with E-state index in [0.717, 1.165) is 23.2 Å². The van der Waals surface area contributed by atoms with Gasteiger partial charge in [0.05, 0.1) is 11.8 Å². The van der Waals surface area contributed by atoms with Gasteiger partial charge in [0.15, 0.2) is 0 Å². The number of aryl methyl sites for hydroxylation is 2. The Hall–Kier alpha value is -2.10. The third-order valence-electron chi connectivity index (χ3n) is 5.88. The van der Waals surface area contributed by atoms with Crippen LogP contribution in [-0.2, 0) is 9.59 Å². The molecule has 1 aromatic rings. The summed E-state index contributed by atoms with van der Waals surface area (Å²) in [5.74, 6) is -0.920. The molecule has 1 aromatic carbocycles. The molecule has 4 heteroatoms. The minimum Gasteiger partial charge on any atom is -0.481 e. The van der Waals surface area contributed by atoms with E-state index in [1.165, 1.54) is 0 Å². The predicted octanol–water partition coefficient (Wildman–Crippen LogP) is 3.01. The number of carboxylic acid groups (broad SMARTS) is 1. The van der Waals surface area contributed by atoms with Gasteiger partial charge in [-0.15, -0.1) is 0 Å². The van der Waals surface area contributed by atoms with Gasteiger partial charge >= 0.3 is 5.97 Å². The smallest absolute Gasteiger partial charge is 0.307 e. The Kier molecular flexibility index (Phi) is 3.12. The van der Waals surface area contributed by atoms with Crippen LogP contribution in [0.15, 0.2) is 30.4 Å². The lowest BCUT2D eigenvalue weighted by molar-refractivity contribution is -0.152. The molecular weight excluding hydrogens is 290 g/mol. The zero-order chi connectivity index (χ0) is 16.3. The zero-order valence-electron chi connectivity index (χ0n) is 13.3. The maximum absolute atomic E-state index is 12.9. The van der Waals surface area contributed by atoms with Gasteiger partial charge in [-0.2, -0.15) is 0 Å². The highest BCUT2D eigenvalue weighted by Crippen LogP contribution is 2.63. The molecule has 2 N–H and O–H groups in total. The van der Waals surface area contributed by atoms with Crippen molar-refractivity contribution in [2.45, 2.75) is 20.3 Å². The Morgan fingerprint density at radius 2 is 1.74 bits per heavy atom. The Morgan fingerprint density at radius 3 is 2.35 bits per heavy atom. The van der Waals surface area contributed by atoms with E-state index in [1.807, 2.05) is 38.1 Å². The highest BCUT2D eigenvalue weighted by molar-refractivity contribution is 5.96. The minimum absolute atomic E-state index is 0.0253. The molecule has 0 heterocycles. The molecule has 0 radical (unpaired) electrons. The number of nitrogens with one attached hydrogen (secondary N) is 1. The fourth-order valence-electron chi connectivity index (χ4n) is 4.74. The highest BCUT2D eigenvalue weighted by atomic mass is 16.4. The van der Waals surface area contributed by atoms with Crippen molar-refractivity contribution in [2.75, 3.05) is 5.32 Å². The number of amides is 1. The number of rotatable bonds is 3. The Morgan fingerprint density at radius 1 is 1.09 bits per heavy atom. The van der Waals surface area contributed by atoms with Crippen LogP contribution in [0.3, 0.4) is 0 Å². The third-order valence-corrected chi connectivity index (χ3v) is 5.88. The first-order valence-electron chi connectivity index (χ1n) is 8.26. The number of carbonyl (C=O) groups excluding carboxylic acids is 1. The second-order valence-electron chi connectivity index (χ2n) is 7.30. The maximum atomic E-state index is 12.9. The van der Waals surface area contributed by atoms with E-state index in [2.05, 4.69) is 11.4 Å². The highest BCUT2D eigenvalue weighted by Gasteiger charge is 2.62. The van der Waals surface area contributed by atoms with Crippen molar-refractivity contribution in [2.24, 2.45) is 35.5 Å². The second kappa shape index (κ2) is 4.95. The normalized spacial score (nSPS) is 36.4. The zero-order valence-corrected chi connectivity index (χ0v) is 13.3. The second-order valence-corrected chi connectivity index (χ2v) is 7.30. The predicted molar refractivity (Wildman–Crippen MR) is 86.9 cm³/mol. The summed E-state index contributed by atoms with van der Waals surface area (Å²) >= 11 is 0. The van der Waals surface area contributed by atoms with Gasteiger partial charge in [0.25, 0.3) is 0 Å². The van der Waals surface area contributed by atoms with Crippen LogP contribution < -0.4 is 5.32 Å². The summed E-state index contributed by atoms with van der Waals surface area (Å²) in [6, 6.07) is 5.88. The molecule has 2 bridgehead atoms. The van der Waals surface area contributed by atoms with E-state index in [9.17, 15) is 14.7 Å². The monoisotopic (exact) mass is 311 g/mol. The summed E-state index contributed by atoms with van der Waals surface area (Å²) in [5.41, 5.74) is 2.93. The Labute approximate surface area is 135 Å². The molecule has 0 aliphatic heterocycles. The van der Waals surface area contributed by atoms with Crippen LogP contribution in [0, 0.1) is 49.4 Å². The lowest BCUT2D eigenvalue weighted by Crippen LogP contribution is -2.48. The molecule has 4 aliphatic rings. The Balaban J connectivity index is 1.62. The summed E-state index contributed by atoms with van der Waals surface area (Å²) < 4.78 is 0. The SMILES string of the molecule is Cc1ccc(NC(=O)C2C3C=CC(C4CC34)C2C(=O)O)c(C)c1. The average molecular weight is 311 g/mol. The number of benzene rings is 1. The van der Waals surface area contributed by atoms with Crippen LogP contribution in [0.2, 0.25) is 0 Å². The van der Waals surface area contributed by atoms with E-state index in [0.29, 0.717) is 11.8 Å². The first-order chi connectivity index (χ1) is 11.0. The number of carboxylic acids is 1. The summed E-state index contributed by atoms with van der Waals surface area (Å²) in [5, 5.41) is 12.6. The van der Waals surface area contributed by atoms with Crippen molar-refractivity contribution >= 4 is 17.6 Å². The molecular formula is C19H21NO3. The van der Waals surface area contributed by atoms with Crippen LogP contribution >= 0.6 is 0 Å². The van der Waals surface area contributed by atoms with Crippen molar-refractivity contribution in [1.29, 1.82) is 0 Å². The quantitative estimate of drug-likeness (QED) is 0.843. The number of anilines is 1. The average Bonchev–Trinajstić information content (AvgIpc) is 3.31. The van der Waals surface area contributed by atoms with Gasteiger partial charge in [-0.25, -0.2) is 0 Å². The van der Waals surface area contributed by atoms with Crippen molar-refractivity contribution in [3.8, 4) is 0 Å². The van der Waals surface area contributed by atoms with Crippen molar-refractivity contribution < 1.29 is 14.7 Å². The molecule has 5 rings (SSSR count). The summed E-state index contributed by atoms with van der Waals surface area (Å²) in [6.07, 6.45) is 5.20. The van der Waals surface area contributed by atoms with E-state index in [1.54, 1.807) is 0 Å². The third kappa shape index (κ3) is 2.19. The number of aliphatic carboxylic acids is 1. The summed E-state index contributed by atoms with van der Waals surface area (Å²) in [7, 11) is 0. The molecule has 4 nitrogen and oxygen atoms in total. The van der Waals surface area contributed by atoms with E-state index in [4.69, 9.17) is 0 Å². The van der Waals surface area contributed by atoms with Crippen molar-refractivity contribution in [3.05, 3.63) is 41.5 Å². The minimum atomic E-state index is -0.838. The summed E-state index contributed by atoms with van der Waals surface area (Å²) in [4.78, 5) is 24.6. The van der Waals surface area contributed by atoms with Crippen LogP contribution in [-0.4, -0.2) is 17.0 Å². The van der Waals surface area contributed by atoms with Crippen molar-refractivity contribution in [3.63, 3.8) is 0 Å². The van der Waals surface area contributed by atoms with Gasteiger partial charge in [0, 0.05) is 5.69 Å². The van der Waals surface area contributed by atoms with Gasteiger partial charge in [-0.3, -0.25) is 9.59 Å². The van der Waals surface area contributed by atoms with Crippen LogP contribution in [0.25, 0.3) is 0 Å². The molecule has 2 fully saturated rings. The van der Waals surface area contributed by atoms with Gasteiger partial charge in [-0.05, 0) is 55.6 Å². The molecule has 0 spiro atoms. The number of hydrogen-bond donors (Lipinski definition) is 2. The van der Waals surface area contributed by atoms with Gasteiger partial charge in [-0.1, -0.05) is 29.8 Å². The van der Waals surface area contributed by atoms with E-state index < -0.39 is 17.8 Å². The molecule has 0 saturated heterocycles. The molecule has 6 atom stereocenters. The number of allylic oxidation sites excluding steroid dienone is 2. The first-order valence-corrected chi connectivity index (χ1v) is 8.26. The molecule has 4 aliphatic carbocycles. The topological polar surface area (TPSA) is 66.4 Å². The van der Waals surface area contributed by atoms with E-state index in [-0.39, 0.29) is 17.7 Å². The molecule has 2 saturated carbocycles. The molecule has 0 aromatic heterocycles. The van der Waals surface area contributed by atoms with Gasteiger partial charge < -0.3 is 10.4 Å². The summed E-state index contributed by atoms with van der Waals surface area (Å²) in [6.45, 7) is 3.97. The molecule has 6 unspecified atom stereocenters. The van der Waals surface area contributed by atoms with Gasteiger partial charge in [0.2, 0.25) is 5.91 Å². The fourth-order valence-corrected chi connectivity index (χ4v) is 4.74. The lowest BCUT2D eigenvalue weighted by Gasteiger charge is -2.41. The number of hydrogen-bond acceptors (Lipinski definition) is 2.